The van der Waals surface area contributed by atoms with Crippen LogP contribution in [0, 0.1) is 3.82 Å². The Bertz CT molecular complexity index is 1390. The second-order valence-electron chi connectivity index (χ2n) is 8.39. The number of carbonyl (C=O) groups excluding carboxylic acids is 1. The first-order valence-corrected chi connectivity index (χ1v) is 13.4. The maximum absolute atomic E-state index is 14.1. The molecule has 0 aliphatic carbocycles. The molecule has 3 nitrogen and oxygen atoms in total. The van der Waals surface area contributed by atoms with Gasteiger partial charge in [0.25, 0.3) is 5.91 Å². The number of para-hydroxylation sites is 1. The zero-order valence-corrected chi connectivity index (χ0v) is 21.1. The first-order valence-electron chi connectivity index (χ1n) is 10.8. The summed E-state index contributed by atoms with van der Waals surface area (Å²) in [4.78, 5) is 17.1. The van der Waals surface area contributed by atoms with E-state index in [2.05, 4.69) is 26.0 Å². The lowest BCUT2D eigenvalue weighted by Crippen LogP contribution is -2.48. The van der Waals surface area contributed by atoms with Gasteiger partial charge in [0.15, 0.2) is 0 Å². The van der Waals surface area contributed by atoms with Crippen LogP contribution in [-0.2, 0) is 5.54 Å². The zero-order chi connectivity index (χ0) is 23.2. The number of nitrogens with zero attached hydrogens (tertiary/aromatic N) is 1. The molecule has 1 aromatic heterocycles. The molecule has 1 aliphatic rings. The summed E-state index contributed by atoms with van der Waals surface area (Å²) in [6, 6.07) is 24.0. The SMILES string of the molecule is CCOc1cccc2c1N(C(=O)c1ccc(-c3ccccc3)cc1)C(C)(C)c1ssc(=S)c1-2. The van der Waals surface area contributed by atoms with Crippen LogP contribution < -0.4 is 9.64 Å². The first kappa shape index (κ1) is 22.0. The van der Waals surface area contributed by atoms with E-state index in [1.165, 1.54) is 0 Å². The summed E-state index contributed by atoms with van der Waals surface area (Å²) < 4.78 is 6.86. The van der Waals surface area contributed by atoms with Gasteiger partial charge in [-0.1, -0.05) is 87.5 Å². The maximum Gasteiger partial charge on any atom is 0.259 e. The van der Waals surface area contributed by atoms with Crippen LogP contribution in [0.4, 0.5) is 5.69 Å². The molecule has 0 saturated heterocycles. The zero-order valence-electron chi connectivity index (χ0n) is 18.6. The standard InChI is InChI=1S/C27H23NO2S3/c1-4-30-21-12-8-11-20-22-24(32-33-26(22)31)27(2,3)28(23(20)21)25(29)19-15-13-18(14-16-19)17-9-6-5-7-10-17/h5-16H,4H2,1-3H3. The average molecular weight is 490 g/mol. The van der Waals surface area contributed by atoms with E-state index in [0.29, 0.717) is 17.9 Å². The summed E-state index contributed by atoms with van der Waals surface area (Å²) >= 11 is 5.70. The van der Waals surface area contributed by atoms with E-state index in [0.717, 1.165) is 36.6 Å². The van der Waals surface area contributed by atoms with E-state index in [-0.39, 0.29) is 5.91 Å². The molecule has 6 heteroatoms. The lowest BCUT2D eigenvalue weighted by atomic mass is 9.86. The third-order valence-corrected chi connectivity index (χ3v) is 9.31. The molecule has 2 heterocycles. The molecule has 0 fully saturated rings. The van der Waals surface area contributed by atoms with Crippen LogP contribution in [0.2, 0.25) is 0 Å². The lowest BCUT2D eigenvalue weighted by Gasteiger charge is -2.43. The van der Waals surface area contributed by atoms with Crippen molar-refractivity contribution in [3.63, 3.8) is 0 Å². The molecule has 0 spiro atoms. The Labute approximate surface area is 206 Å². The fourth-order valence-electron chi connectivity index (χ4n) is 4.42. The molecule has 1 aliphatic heterocycles. The van der Waals surface area contributed by atoms with E-state index >= 15 is 0 Å². The van der Waals surface area contributed by atoms with Gasteiger partial charge in [-0.05, 0) is 50.1 Å². The fraction of sp³-hybridized carbons (Fsp3) is 0.185. The molecule has 5 rings (SSSR count). The van der Waals surface area contributed by atoms with Crippen LogP contribution in [0.3, 0.4) is 0 Å². The highest BCUT2D eigenvalue weighted by Gasteiger charge is 2.44. The molecule has 0 saturated carbocycles. The average Bonchev–Trinajstić information content (AvgIpc) is 3.23. The third kappa shape index (κ3) is 3.62. The normalized spacial score (nSPS) is 13.8. The molecule has 0 radical (unpaired) electrons. The Hall–Kier alpha value is -2.80. The Morgan fingerprint density at radius 1 is 0.939 bits per heavy atom. The van der Waals surface area contributed by atoms with E-state index in [9.17, 15) is 4.79 Å². The predicted octanol–water partition coefficient (Wildman–Crippen LogP) is 8.17. The van der Waals surface area contributed by atoms with E-state index < -0.39 is 5.54 Å². The van der Waals surface area contributed by atoms with E-state index in [1.807, 2.05) is 72.5 Å². The van der Waals surface area contributed by atoms with Gasteiger partial charge in [0.1, 0.15) is 9.57 Å². The molecule has 1 amide bonds. The predicted molar refractivity (Wildman–Crippen MR) is 141 cm³/mol. The Balaban J connectivity index is 1.65. The number of amides is 1. The highest BCUT2D eigenvalue weighted by Crippen LogP contribution is 2.55. The number of ether oxygens (including phenoxy) is 1. The number of hydrogen-bond donors (Lipinski definition) is 0. The van der Waals surface area contributed by atoms with Crippen molar-refractivity contribution >= 4 is 44.5 Å². The van der Waals surface area contributed by atoms with Gasteiger partial charge < -0.3 is 4.74 Å². The van der Waals surface area contributed by atoms with Gasteiger partial charge in [0.05, 0.1) is 22.7 Å². The van der Waals surface area contributed by atoms with Crippen LogP contribution in [0.15, 0.2) is 72.8 Å². The minimum Gasteiger partial charge on any atom is -0.492 e. The molecule has 4 aromatic rings. The number of carbonyl (C=O) groups is 1. The first-order chi connectivity index (χ1) is 15.9. The van der Waals surface area contributed by atoms with E-state index in [4.69, 9.17) is 17.0 Å². The number of benzene rings is 3. The van der Waals surface area contributed by atoms with Crippen molar-refractivity contribution in [3.8, 4) is 28.0 Å². The summed E-state index contributed by atoms with van der Waals surface area (Å²) in [5.74, 6) is 0.650. The Morgan fingerprint density at radius 2 is 1.64 bits per heavy atom. The van der Waals surface area contributed by atoms with Gasteiger partial charge in [-0.2, -0.15) is 0 Å². The quantitative estimate of drug-likeness (QED) is 0.214. The summed E-state index contributed by atoms with van der Waals surface area (Å²) in [7, 11) is 3.25. The molecule has 33 heavy (non-hydrogen) atoms. The lowest BCUT2D eigenvalue weighted by molar-refractivity contribution is 0.0960. The van der Waals surface area contributed by atoms with Gasteiger partial charge >= 0.3 is 0 Å². The van der Waals surface area contributed by atoms with Gasteiger partial charge in [-0.25, -0.2) is 0 Å². The monoisotopic (exact) mass is 489 g/mol. The molecule has 3 aromatic carbocycles. The van der Waals surface area contributed by atoms with Crippen molar-refractivity contribution in [2.75, 3.05) is 11.5 Å². The van der Waals surface area contributed by atoms with Crippen LogP contribution in [0.25, 0.3) is 22.3 Å². The second-order valence-corrected chi connectivity index (χ2v) is 11.2. The molecule has 0 unspecified atom stereocenters. The van der Waals surface area contributed by atoms with Gasteiger partial charge in [-0.3, -0.25) is 9.69 Å². The van der Waals surface area contributed by atoms with Crippen molar-refractivity contribution in [2.24, 2.45) is 0 Å². The third-order valence-electron chi connectivity index (χ3n) is 5.98. The Morgan fingerprint density at radius 3 is 2.33 bits per heavy atom. The topological polar surface area (TPSA) is 29.5 Å². The van der Waals surface area contributed by atoms with Crippen LogP contribution in [0.1, 0.15) is 36.0 Å². The minimum atomic E-state index is -0.567. The fourth-order valence-corrected chi connectivity index (χ4v) is 7.71. The molecule has 0 atom stereocenters. The molecular formula is C27H23NO2S3. The molecule has 0 N–H and O–H groups in total. The Kier molecular flexibility index (Phi) is 5.69. The number of hydrogen-bond acceptors (Lipinski definition) is 5. The minimum absolute atomic E-state index is 0.0528. The van der Waals surface area contributed by atoms with Crippen molar-refractivity contribution in [2.45, 2.75) is 26.3 Å². The molecule has 166 valence electrons. The molecular weight excluding hydrogens is 467 g/mol. The van der Waals surface area contributed by atoms with E-state index in [1.54, 1.807) is 20.7 Å². The largest absolute Gasteiger partial charge is 0.492 e. The summed E-state index contributed by atoms with van der Waals surface area (Å²) in [5, 5.41) is 0. The van der Waals surface area contributed by atoms with Gasteiger partial charge in [-0.15, -0.1) is 0 Å². The van der Waals surface area contributed by atoms with Crippen molar-refractivity contribution in [3.05, 3.63) is 87.1 Å². The number of anilines is 1. The number of fused-ring (bicyclic) bond motifs is 3. The van der Waals surface area contributed by atoms with Gasteiger partial charge in [0.2, 0.25) is 0 Å². The maximum atomic E-state index is 14.1. The van der Waals surface area contributed by atoms with Gasteiger partial charge in [0, 0.05) is 16.7 Å². The smallest absolute Gasteiger partial charge is 0.259 e. The summed E-state index contributed by atoms with van der Waals surface area (Å²) in [5.41, 5.74) is 5.10. The van der Waals surface area contributed by atoms with Crippen molar-refractivity contribution in [1.29, 1.82) is 0 Å². The molecule has 0 bridgehead atoms. The number of rotatable bonds is 4. The second kappa shape index (κ2) is 8.52. The van der Waals surface area contributed by atoms with Crippen LogP contribution >= 0.6 is 32.9 Å². The van der Waals surface area contributed by atoms with Crippen LogP contribution in [-0.4, -0.2) is 12.5 Å². The summed E-state index contributed by atoms with van der Waals surface area (Å²) in [6.07, 6.45) is 0. The highest BCUT2D eigenvalue weighted by atomic mass is 32.9. The van der Waals surface area contributed by atoms with Crippen molar-refractivity contribution in [1.82, 2.24) is 0 Å². The van der Waals surface area contributed by atoms with Crippen LogP contribution in [0.5, 0.6) is 5.75 Å². The highest BCUT2D eigenvalue weighted by molar-refractivity contribution is 7.80. The summed E-state index contributed by atoms with van der Waals surface area (Å²) in [6.45, 7) is 6.65. The van der Waals surface area contributed by atoms with Crippen molar-refractivity contribution < 1.29 is 9.53 Å².